The van der Waals surface area contributed by atoms with Crippen LogP contribution in [0, 0.1) is 6.92 Å². The van der Waals surface area contributed by atoms with E-state index in [1.54, 1.807) is 0 Å². The number of nitrogens with zero attached hydrogens (tertiary/aromatic N) is 2. The van der Waals surface area contributed by atoms with Crippen LogP contribution < -0.4 is 25.5 Å². The molecule has 0 fully saturated rings. The third-order valence-electron chi connectivity index (χ3n) is 15.3. The number of para-hydroxylation sites is 1. The van der Waals surface area contributed by atoms with E-state index in [0.29, 0.717) is 17.8 Å². The summed E-state index contributed by atoms with van der Waals surface area (Å²) in [6.07, 6.45) is 0. The molecule has 2 aliphatic carbocycles. The van der Waals surface area contributed by atoms with Crippen LogP contribution in [0.2, 0.25) is 0 Å². The number of benzene rings is 8. The lowest BCUT2D eigenvalue weighted by Crippen LogP contribution is -2.60. The monoisotopic (exact) mass is 854 g/mol. The Morgan fingerprint density at radius 3 is 1.62 bits per heavy atom. The highest BCUT2D eigenvalue weighted by Gasteiger charge is 2.53. The van der Waals surface area contributed by atoms with Crippen molar-refractivity contribution < 1.29 is 0 Å². The highest BCUT2D eigenvalue weighted by molar-refractivity contribution is 7.33. The van der Waals surface area contributed by atoms with Crippen molar-refractivity contribution in [3.05, 3.63) is 208 Å². The number of hydrogen-bond acceptors (Lipinski definition) is 3. The Labute approximate surface area is 387 Å². The van der Waals surface area contributed by atoms with Gasteiger partial charge in [-0.2, -0.15) is 0 Å². The van der Waals surface area contributed by atoms with Crippen LogP contribution in [0.1, 0.15) is 104 Å². The maximum absolute atomic E-state index is 2.64. The Morgan fingerprint density at radius 1 is 0.462 bits per heavy atom. The number of thiophene rings is 1. The van der Waals surface area contributed by atoms with E-state index in [0.717, 1.165) is 0 Å². The summed E-state index contributed by atoms with van der Waals surface area (Å²) in [4.78, 5) is 5.18. The molecule has 314 valence electrons. The highest BCUT2D eigenvalue weighted by Crippen LogP contribution is 2.64. The van der Waals surface area contributed by atoms with Crippen LogP contribution in [-0.4, -0.2) is 6.71 Å². The topological polar surface area (TPSA) is 6.48 Å². The van der Waals surface area contributed by atoms with Crippen molar-refractivity contribution in [2.75, 3.05) is 9.80 Å². The van der Waals surface area contributed by atoms with E-state index in [-0.39, 0.29) is 6.71 Å². The second-order valence-electron chi connectivity index (χ2n) is 19.9. The van der Waals surface area contributed by atoms with Gasteiger partial charge in [-0.05, 0) is 157 Å². The number of fused-ring (bicyclic) bond motifs is 16. The molecule has 8 aromatic carbocycles. The van der Waals surface area contributed by atoms with E-state index in [1.165, 1.54) is 127 Å². The average molecular weight is 855 g/mol. The van der Waals surface area contributed by atoms with Gasteiger partial charge < -0.3 is 9.80 Å². The predicted molar refractivity (Wildman–Crippen MR) is 279 cm³/mol. The van der Waals surface area contributed by atoms with E-state index < -0.39 is 5.41 Å². The molecule has 4 heteroatoms. The summed E-state index contributed by atoms with van der Waals surface area (Å²) in [7, 11) is 0. The molecule has 0 unspecified atom stereocenters. The van der Waals surface area contributed by atoms with Crippen LogP contribution in [0.4, 0.5) is 34.1 Å². The van der Waals surface area contributed by atoms with Crippen LogP contribution in [0.3, 0.4) is 0 Å². The molecule has 1 aromatic heterocycles. The Bertz CT molecular complexity index is 3400. The summed E-state index contributed by atoms with van der Waals surface area (Å²) in [5.74, 6) is 1.33. The molecule has 0 radical (unpaired) electrons. The van der Waals surface area contributed by atoms with Gasteiger partial charge >= 0.3 is 0 Å². The summed E-state index contributed by atoms with van der Waals surface area (Å²) < 4.78 is 2.75. The molecule has 1 spiro atoms. The van der Waals surface area contributed by atoms with Crippen LogP contribution in [0.15, 0.2) is 164 Å². The van der Waals surface area contributed by atoms with Gasteiger partial charge in [0.1, 0.15) is 0 Å². The Kier molecular flexibility index (Phi) is 8.33. The van der Waals surface area contributed by atoms with E-state index in [1.807, 2.05) is 11.3 Å². The van der Waals surface area contributed by atoms with Gasteiger partial charge in [-0.25, -0.2) is 0 Å². The lowest BCUT2D eigenvalue weighted by Gasteiger charge is -2.43. The van der Waals surface area contributed by atoms with Gasteiger partial charge in [0.25, 0.3) is 6.71 Å². The SMILES string of the molecule is Cc1cc2c3c(c1)N(c1ccc(C(C)C)cc1)c1c(sc4cc5c(cc14)C1(c4ccccc4-c4ccccc41)c1cc(C(C)C)ccc1-5)B3c1ccccc1N2c1ccc(C(C)C)cc1. The minimum atomic E-state index is -0.436. The van der Waals surface area contributed by atoms with Crippen molar-refractivity contribution in [2.45, 2.75) is 71.6 Å². The molecular weight excluding hydrogens is 804 g/mol. The summed E-state index contributed by atoms with van der Waals surface area (Å²) >= 11 is 2.01. The van der Waals surface area contributed by atoms with Gasteiger partial charge in [-0.3, -0.25) is 0 Å². The Hall–Kier alpha value is -6.62. The molecule has 0 saturated carbocycles. The summed E-state index contributed by atoms with van der Waals surface area (Å²) in [5, 5.41) is 1.33. The van der Waals surface area contributed by atoms with E-state index in [2.05, 4.69) is 222 Å². The van der Waals surface area contributed by atoms with Crippen LogP contribution in [-0.2, 0) is 5.41 Å². The third kappa shape index (κ3) is 5.23. The summed E-state index contributed by atoms with van der Waals surface area (Å²) in [6.45, 7) is 16.1. The number of aryl methyl sites for hydroxylation is 1. The molecule has 0 atom stereocenters. The predicted octanol–water partition coefficient (Wildman–Crippen LogP) is 15.0. The van der Waals surface area contributed by atoms with Crippen molar-refractivity contribution in [3.63, 3.8) is 0 Å². The molecule has 13 rings (SSSR count). The van der Waals surface area contributed by atoms with Crippen LogP contribution >= 0.6 is 11.3 Å². The molecule has 2 aliphatic heterocycles. The van der Waals surface area contributed by atoms with Crippen molar-refractivity contribution in [1.29, 1.82) is 0 Å². The smallest absolute Gasteiger partial charge is 0.264 e. The van der Waals surface area contributed by atoms with Crippen molar-refractivity contribution in [2.24, 2.45) is 0 Å². The number of anilines is 6. The van der Waals surface area contributed by atoms with Crippen molar-refractivity contribution in [1.82, 2.24) is 0 Å². The first-order valence-corrected chi connectivity index (χ1v) is 24.4. The number of hydrogen-bond donors (Lipinski definition) is 0. The highest BCUT2D eigenvalue weighted by atomic mass is 32.1. The largest absolute Gasteiger partial charge is 0.311 e. The zero-order valence-electron chi connectivity index (χ0n) is 38.2. The van der Waals surface area contributed by atoms with Crippen LogP contribution in [0.5, 0.6) is 0 Å². The molecule has 0 N–H and O–H groups in total. The van der Waals surface area contributed by atoms with E-state index >= 15 is 0 Å². The molecule has 65 heavy (non-hydrogen) atoms. The van der Waals surface area contributed by atoms with Gasteiger partial charge in [-0.1, -0.05) is 151 Å². The molecule has 3 heterocycles. The van der Waals surface area contributed by atoms with Gasteiger partial charge in [0, 0.05) is 43.3 Å². The van der Waals surface area contributed by atoms with Gasteiger partial charge in [0.05, 0.1) is 11.1 Å². The quantitative estimate of drug-likeness (QED) is 0.159. The van der Waals surface area contributed by atoms with E-state index in [4.69, 9.17) is 0 Å². The lowest BCUT2D eigenvalue weighted by molar-refractivity contribution is 0.785. The zero-order chi connectivity index (χ0) is 44.0. The second kappa shape index (κ2) is 13.9. The molecule has 2 nitrogen and oxygen atoms in total. The second-order valence-corrected chi connectivity index (χ2v) is 21.0. The minimum Gasteiger partial charge on any atom is -0.311 e. The van der Waals surface area contributed by atoms with Crippen molar-refractivity contribution in [3.8, 4) is 22.3 Å². The fourth-order valence-electron chi connectivity index (χ4n) is 12.1. The summed E-state index contributed by atoms with van der Waals surface area (Å²) in [6, 6.07) is 63.9. The maximum Gasteiger partial charge on any atom is 0.264 e. The molecule has 9 aromatic rings. The first-order valence-electron chi connectivity index (χ1n) is 23.6. The van der Waals surface area contributed by atoms with Crippen molar-refractivity contribution >= 4 is 78.0 Å². The molecule has 0 amide bonds. The first-order chi connectivity index (χ1) is 31.6. The Morgan fingerprint density at radius 2 is 0.985 bits per heavy atom. The molecule has 0 bridgehead atoms. The van der Waals surface area contributed by atoms with Crippen LogP contribution in [0.25, 0.3) is 32.3 Å². The molecular formula is C61H51BN2S. The Balaban J connectivity index is 1.13. The third-order valence-corrected chi connectivity index (χ3v) is 16.5. The minimum absolute atomic E-state index is 0.0687. The normalized spacial score (nSPS) is 14.5. The number of rotatable bonds is 5. The van der Waals surface area contributed by atoms with E-state index in [9.17, 15) is 0 Å². The first kappa shape index (κ1) is 38.8. The van der Waals surface area contributed by atoms with Gasteiger partial charge in [-0.15, -0.1) is 11.3 Å². The molecule has 4 aliphatic rings. The zero-order valence-corrected chi connectivity index (χ0v) is 39.0. The molecule has 0 saturated heterocycles. The van der Waals surface area contributed by atoms with Gasteiger partial charge in [0.2, 0.25) is 0 Å². The standard InChI is InChI=1S/C61H51BN2S/c1-35(2)39-20-25-42(26-21-39)63-54-19-13-12-18-53(54)62-58-55(63)30-38(7)31-56(58)64(43-27-22-40(23-28-43)36(3)4)59-48-33-52-47(34-57(48)65-60(59)62)46-29-24-41(37(5)6)32-51(46)61(52)49-16-10-8-14-44(49)45-15-9-11-17-50(45)61/h8-37H,1-7H3. The average Bonchev–Trinajstić information content (AvgIpc) is 3.94. The fraction of sp³-hybridized carbons (Fsp3) is 0.180. The fourth-order valence-corrected chi connectivity index (χ4v) is 13.5. The lowest BCUT2D eigenvalue weighted by atomic mass is 9.36. The maximum atomic E-state index is 2.64. The van der Waals surface area contributed by atoms with Gasteiger partial charge in [0.15, 0.2) is 0 Å². The summed E-state index contributed by atoms with van der Waals surface area (Å²) in [5.41, 5.74) is 26.1.